The summed E-state index contributed by atoms with van der Waals surface area (Å²) < 4.78 is 5.52. The Bertz CT molecular complexity index is 890. The van der Waals surface area contributed by atoms with E-state index in [-0.39, 0.29) is 5.91 Å². The van der Waals surface area contributed by atoms with Crippen LogP contribution in [0.1, 0.15) is 49.3 Å². The van der Waals surface area contributed by atoms with Gasteiger partial charge < -0.3 is 14.3 Å². The summed E-state index contributed by atoms with van der Waals surface area (Å²) in [6, 6.07) is 1.94. The Kier molecular flexibility index (Phi) is 6.97. The standard InChI is InChI=1S/C23H34N6O2/c1-4-21-24-15-19(20-14-17(2)26-31-20)23(25-21)18-6-10-28(11-7-18)16-22(30)29-9-5-8-27(3)12-13-29/h14-15,18H,4-13,16H2,1-3H3. The van der Waals surface area contributed by atoms with Gasteiger partial charge in [0.2, 0.25) is 5.91 Å². The fraction of sp³-hybridized carbons (Fsp3) is 0.652. The number of likely N-dealkylation sites (tertiary alicyclic amines) is 1. The van der Waals surface area contributed by atoms with Crippen molar-refractivity contribution in [3.63, 3.8) is 0 Å². The summed E-state index contributed by atoms with van der Waals surface area (Å²) in [7, 11) is 2.13. The number of amides is 1. The zero-order valence-electron chi connectivity index (χ0n) is 19.0. The molecule has 168 valence electrons. The van der Waals surface area contributed by atoms with Gasteiger partial charge in [0.15, 0.2) is 5.76 Å². The lowest BCUT2D eigenvalue weighted by Crippen LogP contribution is -2.44. The van der Waals surface area contributed by atoms with Gasteiger partial charge in [-0.2, -0.15) is 0 Å². The van der Waals surface area contributed by atoms with Crippen LogP contribution in [0.4, 0.5) is 0 Å². The van der Waals surface area contributed by atoms with Gasteiger partial charge in [0.25, 0.3) is 0 Å². The molecular formula is C23H34N6O2. The average molecular weight is 427 g/mol. The van der Waals surface area contributed by atoms with E-state index in [1.807, 2.05) is 24.1 Å². The Morgan fingerprint density at radius 2 is 1.97 bits per heavy atom. The molecule has 0 bridgehead atoms. The van der Waals surface area contributed by atoms with Crippen molar-refractivity contribution in [2.75, 3.05) is 52.9 Å². The van der Waals surface area contributed by atoms with Gasteiger partial charge >= 0.3 is 0 Å². The van der Waals surface area contributed by atoms with Crippen LogP contribution in [-0.4, -0.2) is 88.6 Å². The first-order valence-electron chi connectivity index (χ1n) is 11.5. The van der Waals surface area contributed by atoms with Gasteiger partial charge in [0.05, 0.1) is 23.5 Å². The van der Waals surface area contributed by atoms with Crippen LogP contribution in [0.5, 0.6) is 0 Å². The van der Waals surface area contributed by atoms with E-state index in [0.29, 0.717) is 12.5 Å². The predicted octanol–water partition coefficient (Wildman–Crippen LogP) is 2.35. The smallest absolute Gasteiger partial charge is 0.236 e. The molecule has 4 rings (SSSR count). The van der Waals surface area contributed by atoms with E-state index in [1.54, 1.807) is 0 Å². The third-order valence-electron chi connectivity index (χ3n) is 6.48. The number of nitrogens with zero attached hydrogens (tertiary/aromatic N) is 6. The summed E-state index contributed by atoms with van der Waals surface area (Å²) >= 11 is 0. The number of piperidine rings is 1. The summed E-state index contributed by atoms with van der Waals surface area (Å²) in [6.07, 6.45) is 5.71. The number of carbonyl (C=O) groups excluding carboxylic acids is 1. The number of likely N-dealkylation sites (N-methyl/N-ethyl adjacent to an activating group) is 1. The molecule has 0 N–H and O–H groups in total. The second-order valence-corrected chi connectivity index (χ2v) is 8.86. The molecule has 2 saturated heterocycles. The van der Waals surface area contributed by atoms with E-state index in [0.717, 1.165) is 93.5 Å². The first-order chi connectivity index (χ1) is 15.0. The molecule has 8 nitrogen and oxygen atoms in total. The molecule has 8 heteroatoms. The van der Waals surface area contributed by atoms with Crippen molar-refractivity contribution in [1.82, 2.24) is 29.8 Å². The Hall–Kier alpha value is -2.32. The maximum atomic E-state index is 12.8. The van der Waals surface area contributed by atoms with Crippen LogP contribution >= 0.6 is 0 Å². The van der Waals surface area contributed by atoms with Crippen LogP contribution < -0.4 is 0 Å². The third-order valence-corrected chi connectivity index (χ3v) is 6.48. The molecule has 0 unspecified atom stereocenters. The Balaban J connectivity index is 1.40. The second-order valence-electron chi connectivity index (χ2n) is 8.86. The normalized spacial score (nSPS) is 19.5. The Morgan fingerprint density at radius 1 is 1.16 bits per heavy atom. The third kappa shape index (κ3) is 5.30. The van der Waals surface area contributed by atoms with Gasteiger partial charge in [-0.1, -0.05) is 12.1 Å². The highest BCUT2D eigenvalue weighted by Crippen LogP contribution is 2.34. The molecule has 2 aliphatic rings. The van der Waals surface area contributed by atoms with Crippen molar-refractivity contribution in [3.8, 4) is 11.3 Å². The first-order valence-corrected chi connectivity index (χ1v) is 11.5. The SMILES string of the molecule is CCc1ncc(-c2cc(C)no2)c(C2CCN(CC(=O)N3CCCN(C)CC3)CC2)n1. The molecular weight excluding hydrogens is 392 g/mol. The molecule has 0 spiro atoms. The van der Waals surface area contributed by atoms with Crippen molar-refractivity contribution in [2.24, 2.45) is 0 Å². The lowest BCUT2D eigenvalue weighted by molar-refractivity contribution is -0.132. The quantitative estimate of drug-likeness (QED) is 0.726. The van der Waals surface area contributed by atoms with Crippen LogP contribution in [0, 0.1) is 6.92 Å². The van der Waals surface area contributed by atoms with Crippen molar-refractivity contribution < 1.29 is 9.32 Å². The van der Waals surface area contributed by atoms with Gasteiger partial charge in [-0.25, -0.2) is 9.97 Å². The largest absolute Gasteiger partial charge is 0.356 e. The van der Waals surface area contributed by atoms with E-state index in [9.17, 15) is 4.79 Å². The van der Waals surface area contributed by atoms with Crippen LogP contribution in [0.25, 0.3) is 11.3 Å². The predicted molar refractivity (Wildman–Crippen MR) is 119 cm³/mol. The highest BCUT2D eigenvalue weighted by molar-refractivity contribution is 5.78. The number of rotatable bonds is 5. The fourth-order valence-electron chi connectivity index (χ4n) is 4.55. The Labute approximate surface area is 184 Å². The summed E-state index contributed by atoms with van der Waals surface area (Å²) in [6.45, 7) is 10.1. The lowest BCUT2D eigenvalue weighted by atomic mass is 9.90. The monoisotopic (exact) mass is 426 g/mol. The minimum Gasteiger partial charge on any atom is -0.356 e. The van der Waals surface area contributed by atoms with Gasteiger partial charge in [-0.05, 0) is 52.9 Å². The van der Waals surface area contributed by atoms with Crippen LogP contribution in [0.2, 0.25) is 0 Å². The van der Waals surface area contributed by atoms with Crippen molar-refractivity contribution >= 4 is 5.91 Å². The molecule has 1 amide bonds. The summed E-state index contributed by atoms with van der Waals surface area (Å²) in [5.74, 6) is 2.20. The molecule has 0 aromatic carbocycles. The topological polar surface area (TPSA) is 78.6 Å². The molecule has 2 fully saturated rings. The Morgan fingerprint density at radius 3 is 2.68 bits per heavy atom. The summed E-state index contributed by atoms with van der Waals surface area (Å²) in [5.41, 5.74) is 2.86. The number of hydrogen-bond acceptors (Lipinski definition) is 7. The van der Waals surface area contributed by atoms with E-state index in [2.05, 4.69) is 33.9 Å². The lowest BCUT2D eigenvalue weighted by Gasteiger charge is -2.33. The van der Waals surface area contributed by atoms with E-state index in [1.165, 1.54) is 0 Å². The number of aromatic nitrogens is 3. The highest BCUT2D eigenvalue weighted by atomic mass is 16.5. The van der Waals surface area contributed by atoms with E-state index < -0.39 is 0 Å². The average Bonchev–Trinajstić information content (AvgIpc) is 3.09. The zero-order chi connectivity index (χ0) is 21.8. The fourth-order valence-corrected chi connectivity index (χ4v) is 4.55. The molecule has 2 aromatic heterocycles. The molecule has 31 heavy (non-hydrogen) atoms. The van der Waals surface area contributed by atoms with Gasteiger partial charge in [0, 0.05) is 44.2 Å². The number of carbonyl (C=O) groups is 1. The summed E-state index contributed by atoms with van der Waals surface area (Å²) in [5, 5.41) is 4.04. The minimum atomic E-state index is 0.266. The van der Waals surface area contributed by atoms with Gasteiger partial charge in [-0.15, -0.1) is 0 Å². The molecule has 2 aliphatic heterocycles. The number of hydrogen-bond donors (Lipinski definition) is 0. The van der Waals surface area contributed by atoms with E-state index in [4.69, 9.17) is 9.51 Å². The van der Waals surface area contributed by atoms with Gasteiger partial charge in [-0.3, -0.25) is 9.69 Å². The maximum Gasteiger partial charge on any atom is 0.236 e. The molecule has 0 saturated carbocycles. The zero-order valence-corrected chi connectivity index (χ0v) is 19.0. The molecule has 0 aliphatic carbocycles. The van der Waals surface area contributed by atoms with Crippen molar-refractivity contribution in [2.45, 2.75) is 45.4 Å². The van der Waals surface area contributed by atoms with Crippen molar-refractivity contribution in [3.05, 3.63) is 29.5 Å². The van der Waals surface area contributed by atoms with Crippen LogP contribution in [0.15, 0.2) is 16.8 Å². The molecule has 4 heterocycles. The number of aryl methyl sites for hydroxylation is 2. The van der Waals surface area contributed by atoms with Crippen LogP contribution in [0.3, 0.4) is 0 Å². The summed E-state index contributed by atoms with van der Waals surface area (Å²) in [4.78, 5) is 28.8. The minimum absolute atomic E-state index is 0.266. The second kappa shape index (κ2) is 9.87. The van der Waals surface area contributed by atoms with Crippen LogP contribution in [-0.2, 0) is 11.2 Å². The highest BCUT2D eigenvalue weighted by Gasteiger charge is 2.28. The van der Waals surface area contributed by atoms with E-state index >= 15 is 0 Å². The van der Waals surface area contributed by atoms with Crippen molar-refractivity contribution in [1.29, 1.82) is 0 Å². The molecule has 0 atom stereocenters. The maximum absolute atomic E-state index is 12.8. The first kappa shape index (κ1) is 21.9. The van der Waals surface area contributed by atoms with Gasteiger partial charge in [0.1, 0.15) is 5.82 Å². The molecule has 2 aromatic rings. The molecule has 0 radical (unpaired) electrons.